The van der Waals surface area contributed by atoms with Crippen LogP contribution >= 0.6 is 0 Å². The molecule has 1 aliphatic rings. The largest absolute Gasteiger partial charge is 0.508 e. The summed E-state index contributed by atoms with van der Waals surface area (Å²) in [6, 6.07) is 11.1. The maximum Gasteiger partial charge on any atom is 0.340 e. The number of fused-ring (bicyclic) bond motifs is 1. The number of phenolic OH excluding ortho intramolecular Hbond substituents is 2. The molecule has 0 unspecified atom stereocenters. The zero-order valence-corrected chi connectivity index (χ0v) is 20.4. The van der Waals surface area contributed by atoms with Gasteiger partial charge in [-0.2, -0.15) is 0 Å². The third-order valence-corrected chi connectivity index (χ3v) is 6.99. The molecule has 35 heavy (non-hydrogen) atoms. The Morgan fingerprint density at radius 1 is 0.771 bits per heavy atom. The number of carboxylic acids is 1. The Bertz CT molecular complexity index is 1280. The molecule has 6 heteroatoms. The first-order valence-electron chi connectivity index (χ1n) is 12.0. The molecule has 1 aliphatic heterocycles. The van der Waals surface area contributed by atoms with Gasteiger partial charge in [-0.15, -0.1) is 0 Å². The van der Waals surface area contributed by atoms with Gasteiger partial charge >= 0.3 is 11.9 Å². The van der Waals surface area contributed by atoms with Gasteiger partial charge in [0, 0.05) is 16.7 Å². The van der Waals surface area contributed by atoms with Crippen molar-refractivity contribution in [3.05, 3.63) is 92.5 Å². The molecule has 0 aliphatic carbocycles. The number of cyclic esters (lactones) is 1. The molecule has 3 N–H and O–H groups in total. The van der Waals surface area contributed by atoms with Gasteiger partial charge in [0.25, 0.3) is 0 Å². The molecule has 0 saturated carbocycles. The van der Waals surface area contributed by atoms with Crippen LogP contribution in [0.4, 0.5) is 0 Å². The van der Waals surface area contributed by atoms with Crippen molar-refractivity contribution >= 4 is 11.9 Å². The number of aryl methyl sites for hydroxylation is 2. The van der Waals surface area contributed by atoms with Gasteiger partial charge in [0.15, 0.2) is 5.60 Å². The van der Waals surface area contributed by atoms with Gasteiger partial charge < -0.3 is 20.1 Å². The topological polar surface area (TPSA) is 104 Å². The van der Waals surface area contributed by atoms with E-state index in [0.29, 0.717) is 42.4 Å². The summed E-state index contributed by atoms with van der Waals surface area (Å²) in [5.41, 5.74) is 4.18. The fourth-order valence-electron chi connectivity index (χ4n) is 5.47. The molecule has 0 saturated heterocycles. The second kappa shape index (κ2) is 9.10. The van der Waals surface area contributed by atoms with Gasteiger partial charge in [-0.05, 0) is 84.3 Å². The van der Waals surface area contributed by atoms with Crippen molar-refractivity contribution in [1.29, 1.82) is 0 Å². The van der Waals surface area contributed by atoms with Gasteiger partial charge in [-0.25, -0.2) is 9.59 Å². The first-order valence-corrected chi connectivity index (χ1v) is 12.0. The molecule has 1 heterocycles. The number of hydrogen-bond donors (Lipinski definition) is 3. The summed E-state index contributed by atoms with van der Waals surface area (Å²) >= 11 is 0. The maximum absolute atomic E-state index is 13.3. The van der Waals surface area contributed by atoms with E-state index in [1.54, 1.807) is 30.3 Å². The van der Waals surface area contributed by atoms with Crippen LogP contribution in [0, 0.1) is 0 Å². The third-order valence-electron chi connectivity index (χ3n) is 6.99. The summed E-state index contributed by atoms with van der Waals surface area (Å²) in [6.07, 6.45) is 2.59. The first-order chi connectivity index (χ1) is 16.7. The Morgan fingerprint density at radius 2 is 1.29 bits per heavy atom. The molecular formula is C29H30O6. The lowest BCUT2D eigenvalue weighted by atomic mass is 9.73. The number of rotatable bonds is 7. The lowest BCUT2D eigenvalue weighted by Gasteiger charge is -2.35. The molecule has 6 nitrogen and oxygen atoms in total. The van der Waals surface area contributed by atoms with Gasteiger partial charge in [0.05, 0.1) is 11.1 Å². The van der Waals surface area contributed by atoms with Crippen molar-refractivity contribution in [2.45, 2.75) is 59.0 Å². The van der Waals surface area contributed by atoms with Crippen LogP contribution in [0.2, 0.25) is 0 Å². The average molecular weight is 475 g/mol. The smallest absolute Gasteiger partial charge is 0.340 e. The number of ether oxygens (including phenoxy) is 1. The van der Waals surface area contributed by atoms with Crippen molar-refractivity contribution in [3.8, 4) is 11.5 Å². The van der Waals surface area contributed by atoms with Crippen LogP contribution in [0.1, 0.15) is 87.4 Å². The monoisotopic (exact) mass is 474 g/mol. The van der Waals surface area contributed by atoms with E-state index in [0.717, 1.165) is 22.3 Å². The minimum Gasteiger partial charge on any atom is -0.508 e. The first kappa shape index (κ1) is 24.3. The zero-order chi connectivity index (χ0) is 25.5. The molecule has 3 aromatic carbocycles. The summed E-state index contributed by atoms with van der Waals surface area (Å²) in [4.78, 5) is 25.0. The van der Waals surface area contributed by atoms with Crippen molar-refractivity contribution in [2.75, 3.05) is 0 Å². The number of hydrogen-bond acceptors (Lipinski definition) is 5. The van der Waals surface area contributed by atoms with Crippen LogP contribution in [0.15, 0.2) is 42.5 Å². The summed E-state index contributed by atoms with van der Waals surface area (Å²) < 4.78 is 6.27. The van der Waals surface area contributed by atoms with Crippen molar-refractivity contribution in [3.63, 3.8) is 0 Å². The second-order valence-corrected chi connectivity index (χ2v) is 8.81. The molecule has 0 spiro atoms. The molecule has 0 atom stereocenters. The van der Waals surface area contributed by atoms with Crippen LogP contribution in [-0.2, 0) is 36.0 Å². The summed E-state index contributed by atoms with van der Waals surface area (Å²) in [6.45, 7) is 8.02. The van der Waals surface area contributed by atoms with E-state index in [1.807, 2.05) is 27.7 Å². The molecule has 4 rings (SSSR count). The summed E-state index contributed by atoms with van der Waals surface area (Å²) in [5.74, 6) is -1.68. The van der Waals surface area contributed by atoms with Crippen LogP contribution < -0.4 is 0 Å². The number of aromatic carboxylic acids is 1. The molecule has 0 fully saturated rings. The number of esters is 1. The molecular weight excluding hydrogens is 444 g/mol. The van der Waals surface area contributed by atoms with E-state index in [-0.39, 0.29) is 22.6 Å². The van der Waals surface area contributed by atoms with Crippen LogP contribution in [-0.4, -0.2) is 27.3 Å². The maximum atomic E-state index is 13.3. The molecule has 3 aromatic rings. The van der Waals surface area contributed by atoms with Crippen molar-refractivity contribution in [2.24, 2.45) is 0 Å². The lowest BCUT2D eigenvalue weighted by Crippen LogP contribution is -2.33. The van der Waals surface area contributed by atoms with E-state index in [2.05, 4.69) is 0 Å². The zero-order valence-electron chi connectivity index (χ0n) is 20.4. The minimum absolute atomic E-state index is 0.0155. The summed E-state index contributed by atoms with van der Waals surface area (Å²) in [7, 11) is 0. The van der Waals surface area contributed by atoms with E-state index < -0.39 is 17.5 Å². The van der Waals surface area contributed by atoms with E-state index in [4.69, 9.17) is 4.74 Å². The standard InChI is InChI=1S/C29H30O6/c1-5-16-11-19(30)14-25(21(16)7-3)29(26-15-20(31)12-17(6-2)22(26)8-4)24-10-9-18(27(32)33)13-23(24)28(34)35-29/h9-15,30-31H,5-8H2,1-4H3,(H,32,33). The Kier molecular flexibility index (Phi) is 6.32. The van der Waals surface area contributed by atoms with Gasteiger partial charge in [0.2, 0.25) is 0 Å². The highest BCUT2D eigenvalue weighted by atomic mass is 16.6. The predicted octanol–water partition coefficient (Wildman–Crippen LogP) is 5.51. The Morgan fingerprint density at radius 3 is 1.71 bits per heavy atom. The third kappa shape index (κ3) is 3.73. The predicted molar refractivity (Wildman–Crippen MR) is 132 cm³/mol. The Labute approximate surface area is 204 Å². The van der Waals surface area contributed by atoms with E-state index in [1.165, 1.54) is 12.1 Å². The quantitative estimate of drug-likeness (QED) is 0.390. The van der Waals surface area contributed by atoms with Crippen LogP contribution in [0.3, 0.4) is 0 Å². The highest BCUT2D eigenvalue weighted by molar-refractivity contribution is 5.99. The molecule has 0 aromatic heterocycles. The second-order valence-electron chi connectivity index (χ2n) is 8.81. The lowest BCUT2D eigenvalue weighted by molar-refractivity contribution is 0.0245. The molecule has 182 valence electrons. The number of phenols is 2. The van der Waals surface area contributed by atoms with Crippen molar-refractivity contribution in [1.82, 2.24) is 0 Å². The highest BCUT2D eigenvalue weighted by Gasteiger charge is 2.51. The number of carbonyl (C=O) groups is 2. The number of carbonyl (C=O) groups excluding carboxylic acids is 1. The Balaban J connectivity index is 2.22. The SMILES string of the molecule is CCc1cc(O)cc(C2(c3cc(O)cc(CC)c3CC)OC(=O)c3cc(C(=O)O)ccc32)c1CC. The van der Waals surface area contributed by atoms with Crippen LogP contribution in [0.5, 0.6) is 11.5 Å². The molecule has 0 bridgehead atoms. The number of aromatic hydroxyl groups is 2. The van der Waals surface area contributed by atoms with Crippen molar-refractivity contribution < 1.29 is 29.6 Å². The normalized spacial score (nSPS) is 14.0. The van der Waals surface area contributed by atoms with Gasteiger partial charge in [0.1, 0.15) is 11.5 Å². The average Bonchev–Trinajstić information content (AvgIpc) is 3.15. The van der Waals surface area contributed by atoms with E-state index in [9.17, 15) is 24.9 Å². The molecule has 0 radical (unpaired) electrons. The number of carboxylic acid groups (broad SMARTS) is 1. The van der Waals surface area contributed by atoms with Gasteiger partial charge in [-0.1, -0.05) is 33.8 Å². The van der Waals surface area contributed by atoms with Gasteiger partial charge in [-0.3, -0.25) is 0 Å². The minimum atomic E-state index is -1.45. The highest BCUT2D eigenvalue weighted by Crippen LogP contribution is 2.51. The summed E-state index contributed by atoms with van der Waals surface area (Å²) in [5, 5.41) is 30.9. The fraction of sp³-hybridized carbons (Fsp3) is 0.310. The fourth-order valence-corrected chi connectivity index (χ4v) is 5.47. The Hall–Kier alpha value is -3.80. The number of benzene rings is 3. The van der Waals surface area contributed by atoms with E-state index >= 15 is 0 Å². The van der Waals surface area contributed by atoms with Crippen LogP contribution in [0.25, 0.3) is 0 Å². The molecule has 0 amide bonds.